The van der Waals surface area contributed by atoms with E-state index in [-0.39, 0.29) is 11.7 Å². The fraction of sp³-hybridized carbons (Fsp3) is 0.562. The Balaban J connectivity index is 2.67. The van der Waals surface area contributed by atoms with Gasteiger partial charge in [0.2, 0.25) is 0 Å². The van der Waals surface area contributed by atoms with Gasteiger partial charge in [-0.15, -0.1) is 0 Å². The molecule has 5 heteroatoms. The van der Waals surface area contributed by atoms with Crippen molar-refractivity contribution < 1.29 is 9.90 Å². The van der Waals surface area contributed by atoms with Crippen LogP contribution in [0.15, 0.2) is 18.2 Å². The highest BCUT2D eigenvalue weighted by Crippen LogP contribution is 2.22. The van der Waals surface area contributed by atoms with E-state index in [0.29, 0.717) is 23.7 Å². The van der Waals surface area contributed by atoms with Gasteiger partial charge in [-0.1, -0.05) is 25.4 Å². The molecule has 0 fully saturated rings. The van der Waals surface area contributed by atoms with Crippen LogP contribution in [0, 0.1) is 0 Å². The molecule has 1 rings (SSSR count). The van der Waals surface area contributed by atoms with Gasteiger partial charge in [0.1, 0.15) is 5.75 Å². The van der Waals surface area contributed by atoms with Crippen molar-refractivity contribution in [1.82, 2.24) is 9.80 Å². The van der Waals surface area contributed by atoms with Crippen LogP contribution in [0.5, 0.6) is 5.75 Å². The van der Waals surface area contributed by atoms with Crippen molar-refractivity contribution in [3.8, 4) is 5.75 Å². The molecule has 0 atom stereocenters. The minimum Gasteiger partial charge on any atom is -0.508 e. The van der Waals surface area contributed by atoms with Crippen LogP contribution >= 0.6 is 11.6 Å². The zero-order valence-corrected chi connectivity index (χ0v) is 13.9. The highest BCUT2D eigenvalue weighted by molar-refractivity contribution is 6.33. The molecular formula is C16H25ClN2O2. The van der Waals surface area contributed by atoms with Crippen molar-refractivity contribution in [2.45, 2.75) is 27.2 Å². The summed E-state index contributed by atoms with van der Waals surface area (Å²) in [5.41, 5.74) is 0.362. The number of carbonyl (C=O) groups is 1. The van der Waals surface area contributed by atoms with Crippen LogP contribution in [0.2, 0.25) is 5.02 Å². The zero-order valence-electron chi connectivity index (χ0n) is 13.1. The summed E-state index contributed by atoms with van der Waals surface area (Å²) >= 11 is 6.05. The maximum absolute atomic E-state index is 12.5. The van der Waals surface area contributed by atoms with Crippen LogP contribution in [0.1, 0.15) is 37.6 Å². The molecule has 118 valence electrons. The van der Waals surface area contributed by atoms with Crippen LogP contribution in [0.25, 0.3) is 0 Å². The number of benzene rings is 1. The minimum atomic E-state index is -0.127. The van der Waals surface area contributed by atoms with Crippen molar-refractivity contribution in [2.75, 3.05) is 32.7 Å². The molecule has 1 amide bonds. The molecule has 1 aromatic carbocycles. The van der Waals surface area contributed by atoms with E-state index in [4.69, 9.17) is 11.6 Å². The number of carbonyl (C=O) groups excluding carboxylic acids is 1. The lowest BCUT2D eigenvalue weighted by molar-refractivity contribution is 0.0757. The number of phenols is 1. The second-order valence-corrected chi connectivity index (χ2v) is 5.34. The van der Waals surface area contributed by atoms with E-state index >= 15 is 0 Å². The maximum Gasteiger partial charge on any atom is 0.255 e. The maximum atomic E-state index is 12.5. The van der Waals surface area contributed by atoms with Gasteiger partial charge in [-0.2, -0.15) is 0 Å². The number of phenolic OH excluding ortho intramolecular Hbond substituents is 1. The fourth-order valence-corrected chi connectivity index (χ4v) is 2.47. The monoisotopic (exact) mass is 312 g/mol. The number of hydrogen-bond acceptors (Lipinski definition) is 3. The first-order chi connectivity index (χ1) is 10.0. The molecule has 0 unspecified atom stereocenters. The van der Waals surface area contributed by atoms with E-state index in [0.717, 1.165) is 26.1 Å². The predicted octanol–water partition coefficient (Wildman–Crippen LogP) is 3.24. The van der Waals surface area contributed by atoms with Gasteiger partial charge in [-0.3, -0.25) is 4.79 Å². The molecule has 0 saturated heterocycles. The molecule has 1 N–H and O–H groups in total. The Labute approximate surface area is 132 Å². The van der Waals surface area contributed by atoms with Gasteiger partial charge in [-0.25, -0.2) is 0 Å². The molecule has 0 spiro atoms. The average molecular weight is 313 g/mol. The smallest absolute Gasteiger partial charge is 0.255 e. The van der Waals surface area contributed by atoms with E-state index in [1.54, 1.807) is 11.0 Å². The summed E-state index contributed by atoms with van der Waals surface area (Å²) in [4.78, 5) is 16.6. The number of rotatable bonds is 8. The summed E-state index contributed by atoms with van der Waals surface area (Å²) in [7, 11) is 0. The summed E-state index contributed by atoms with van der Waals surface area (Å²) in [6.45, 7) is 10.6. The Morgan fingerprint density at radius 3 is 2.38 bits per heavy atom. The summed E-state index contributed by atoms with van der Waals surface area (Å²) < 4.78 is 0. The van der Waals surface area contributed by atoms with Gasteiger partial charge >= 0.3 is 0 Å². The summed E-state index contributed by atoms with van der Waals surface area (Å²) in [6.07, 6.45) is 0.928. The first kappa shape index (κ1) is 17.8. The standard InChI is InChI=1S/C16H25ClN2O2/c1-4-18(5-2)10-7-11-19(6-3)16(21)14-12-13(20)8-9-15(14)17/h8-9,12,20H,4-7,10-11H2,1-3H3. The highest BCUT2D eigenvalue weighted by atomic mass is 35.5. The minimum absolute atomic E-state index is 0.0574. The SMILES string of the molecule is CCN(CC)CCCN(CC)C(=O)c1cc(O)ccc1Cl. The Kier molecular flexibility index (Phi) is 7.54. The second-order valence-electron chi connectivity index (χ2n) is 4.93. The van der Waals surface area contributed by atoms with Crippen LogP contribution in [-0.2, 0) is 0 Å². The molecule has 0 heterocycles. The zero-order chi connectivity index (χ0) is 15.8. The van der Waals surface area contributed by atoms with Crippen LogP contribution in [0.3, 0.4) is 0 Å². The van der Waals surface area contributed by atoms with Gasteiger partial charge in [0.15, 0.2) is 0 Å². The summed E-state index contributed by atoms with van der Waals surface area (Å²) in [5, 5.41) is 9.89. The molecule has 0 aromatic heterocycles. The third-order valence-electron chi connectivity index (χ3n) is 3.65. The lowest BCUT2D eigenvalue weighted by Crippen LogP contribution is -2.34. The van der Waals surface area contributed by atoms with Gasteiger partial charge in [0.25, 0.3) is 5.91 Å². The molecule has 0 bridgehead atoms. The Morgan fingerprint density at radius 1 is 1.14 bits per heavy atom. The summed E-state index contributed by atoms with van der Waals surface area (Å²) in [5.74, 6) is -0.0695. The molecule has 0 radical (unpaired) electrons. The third kappa shape index (κ3) is 5.21. The molecule has 21 heavy (non-hydrogen) atoms. The van der Waals surface area contributed by atoms with E-state index in [1.165, 1.54) is 12.1 Å². The van der Waals surface area contributed by atoms with Crippen molar-refractivity contribution in [3.05, 3.63) is 28.8 Å². The Bertz CT molecular complexity index is 462. The molecule has 0 aliphatic carbocycles. The Morgan fingerprint density at radius 2 is 1.81 bits per heavy atom. The number of amides is 1. The number of nitrogens with zero attached hydrogens (tertiary/aromatic N) is 2. The number of aromatic hydroxyl groups is 1. The van der Waals surface area contributed by atoms with Crippen LogP contribution in [-0.4, -0.2) is 53.5 Å². The summed E-state index contributed by atoms with van der Waals surface area (Å²) in [6, 6.07) is 4.46. The lowest BCUT2D eigenvalue weighted by Gasteiger charge is -2.24. The van der Waals surface area contributed by atoms with Gasteiger partial charge in [0, 0.05) is 13.1 Å². The topological polar surface area (TPSA) is 43.8 Å². The first-order valence-corrected chi connectivity index (χ1v) is 7.91. The number of halogens is 1. The van der Waals surface area contributed by atoms with Crippen LogP contribution in [0.4, 0.5) is 0 Å². The van der Waals surface area contributed by atoms with E-state index in [1.807, 2.05) is 6.92 Å². The lowest BCUT2D eigenvalue weighted by atomic mass is 10.1. The average Bonchev–Trinajstić information content (AvgIpc) is 2.49. The molecule has 0 aliphatic heterocycles. The van der Waals surface area contributed by atoms with Crippen molar-refractivity contribution in [1.29, 1.82) is 0 Å². The predicted molar refractivity (Wildman–Crippen MR) is 87.1 cm³/mol. The fourth-order valence-electron chi connectivity index (χ4n) is 2.28. The van der Waals surface area contributed by atoms with Crippen LogP contribution < -0.4 is 0 Å². The normalized spacial score (nSPS) is 10.9. The largest absolute Gasteiger partial charge is 0.508 e. The molecular weight excluding hydrogens is 288 g/mol. The van der Waals surface area contributed by atoms with E-state index in [2.05, 4.69) is 18.7 Å². The molecule has 1 aromatic rings. The first-order valence-electron chi connectivity index (χ1n) is 7.53. The van der Waals surface area contributed by atoms with E-state index in [9.17, 15) is 9.90 Å². The van der Waals surface area contributed by atoms with Crippen molar-refractivity contribution in [2.24, 2.45) is 0 Å². The highest BCUT2D eigenvalue weighted by Gasteiger charge is 2.17. The molecule has 0 saturated carbocycles. The molecule has 4 nitrogen and oxygen atoms in total. The van der Waals surface area contributed by atoms with Gasteiger partial charge in [0.05, 0.1) is 10.6 Å². The van der Waals surface area contributed by atoms with E-state index < -0.39 is 0 Å². The molecule has 0 aliphatic rings. The Hall–Kier alpha value is -1.26. The van der Waals surface area contributed by atoms with Gasteiger partial charge in [-0.05, 0) is 51.2 Å². The second kappa shape index (κ2) is 8.90. The number of hydrogen-bond donors (Lipinski definition) is 1. The van der Waals surface area contributed by atoms with Gasteiger partial charge < -0.3 is 14.9 Å². The van der Waals surface area contributed by atoms with Crippen molar-refractivity contribution >= 4 is 17.5 Å². The third-order valence-corrected chi connectivity index (χ3v) is 3.98. The quantitative estimate of drug-likeness (QED) is 0.801. The van der Waals surface area contributed by atoms with Crippen molar-refractivity contribution in [3.63, 3.8) is 0 Å².